The average Bonchev–Trinajstić information content (AvgIpc) is 3.31. The number of hydrogen-bond donors (Lipinski definition) is 0. The second-order valence-corrected chi connectivity index (χ2v) is 17.9. The van der Waals surface area contributed by atoms with Gasteiger partial charge >= 0.3 is 0 Å². The highest BCUT2D eigenvalue weighted by molar-refractivity contribution is 6.76. The second-order valence-electron chi connectivity index (χ2n) is 12.3. The van der Waals surface area contributed by atoms with Crippen molar-refractivity contribution in [3.8, 4) is 11.3 Å². The molecule has 2 fully saturated rings. The SMILES string of the molecule is CN(CC1CCOCC1)c1ncnc2c1cc(-c1ccc(CN3CCOCC3)cc1)n2COCC[Si](C)(C)C. The molecule has 9 heteroatoms. The number of aromatic nitrogens is 3. The largest absolute Gasteiger partial charge is 0.381 e. The summed E-state index contributed by atoms with van der Waals surface area (Å²) in [6.45, 7) is 15.7. The topological polar surface area (TPSA) is 64.9 Å². The van der Waals surface area contributed by atoms with Crippen molar-refractivity contribution >= 4 is 24.9 Å². The Hall–Kier alpha value is -2.30. The second kappa shape index (κ2) is 12.9. The van der Waals surface area contributed by atoms with Crippen LogP contribution in [0.4, 0.5) is 5.82 Å². The lowest BCUT2D eigenvalue weighted by atomic mass is 10.00. The van der Waals surface area contributed by atoms with Crippen LogP contribution in [0.2, 0.25) is 25.7 Å². The Bertz CT molecular complexity index is 1200. The molecule has 0 amide bonds. The van der Waals surface area contributed by atoms with Crippen molar-refractivity contribution in [2.75, 3.05) is 64.6 Å². The highest BCUT2D eigenvalue weighted by atomic mass is 28.3. The fourth-order valence-electron chi connectivity index (χ4n) is 5.46. The lowest BCUT2D eigenvalue weighted by Crippen LogP contribution is -2.35. The minimum atomic E-state index is -1.17. The molecule has 0 saturated carbocycles. The molecule has 4 heterocycles. The van der Waals surface area contributed by atoms with Gasteiger partial charge in [0.25, 0.3) is 0 Å². The number of rotatable bonds is 11. The molecule has 0 radical (unpaired) electrons. The van der Waals surface area contributed by atoms with E-state index in [1.165, 1.54) is 11.1 Å². The maximum atomic E-state index is 6.26. The molecule has 0 N–H and O–H groups in total. The molecule has 212 valence electrons. The summed E-state index contributed by atoms with van der Waals surface area (Å²) in [5.74, 6) is 1.61. The van der Waals surface area contributed by atoms with Gasteiger partial charge in [-0.05, 0) is 42.0 Å². The van der Waals surface area contributed by atoms with Crippen LogP contribution in [0.25, 0.3) is 22.3 Å². The summed E-state index contributed by atoms with van der Waals surface area (Å²) < 4.78 is 19.6. The van der Waals surface area contributed by atoms with Crippen molar-refractivity contribution < 1.29 is 14.2 Å². The lowest BCUT2D eigenvalue weighted by molar-refractivity contribution is 0.0342. The van der Waals surface area contributed by atoms with Crippen molar-refractivity contribution in [2.24, 2.45) is 5.92 Å². The maximum Gasteiger partial charge on any atom is 0.147 e. The molecule has 2 aliphatic rings. The first kappa shape index (κ1) is 28.2. The lowest BCUT2D eigenvalue weighted by Gasteiger charge is -2.28. The van der Waals surface area contributed by atoms with E-state index < -0.39 is 8.07 Å². The van der Waals surface area contributed by atoms with Crippen molar-refractivity contribution in [2.45, 2.75) is 51.8 Å². The zero-order chi connectivity index (χ0) is 27.2. The number of anilines is 1. The number of ether oxygens (including phenoxy) is 3. The van der Waals surface area contributed by atoms with Crippen LogP contribution in [0.1, 0.15) is 18.4 Å². The van der Waals surface area contributed by atoms with Gasteiger partial charge in [-0.3, -0.25) is 4.90 Å². The standard InChI is InChI=1S/C30H45N5O3Si/c1-33(20-25-9-13-36-14-10-25)29-27-19-28(26-7-5-24(6-8-26)21-34-11-15-37-16-12-34)35(30(27)32-22-31-29)23-38-17-18-39(2,3)4/h5-8,19,22,25H,9-18,20-21,23H2,1-4H3. The first-order valence-electron chi connectivity index (χ1n) is 14.5. The molecule has 0 aliphatic carbocycles. The predicted molar refractivity (Wildman–Crippen MR) is 160 cm³/mol. The van der Waals surface area contributed by atoms with E-state index in [0.717, 1.165) is 101 Å². The summed E-state index contributed by atoms with van der Waals surface area (Å²) in [6, 6.07) is 12.4. The molecule has 2 aliphatic heterocycles. The third-order valence-corrected chi connectivity index (χ3v) is 9.58. The quantitative estimate of drug-likeness (QED) is 0.243. The van der Waals surface area contributed by atoms with E-state index >= 15 is 0 Å². The third kappa shape index (κ3) is 7.46. The van der Waals surface area contributed by atoms with Crippen LogP contribution < -0.4 is 4.90 Å². The summed E-state index contributed by atoms with van der Waals surface area (Å²) in [7, 11) is 0.984. The zero-order valence-corrected chi connectivity index (χ0v) is 25.2. The first-order chi connectivity index (χ1) is 18.9. The highest BCUT2D eigenvalue weighted by Gasteiger charge is 2.21. The fourth-order valence-corrected chi connectivity index (χ4v) is 6.22. The Kier molecular flexibility index (Phi) is 9.35. The fraction of sp³-hybridized carbons (Fsp3) is 0.600. The number of nitrogens with zero attached hydrogens (tertiary/aromatic N) is 5. The minimum Gasteiger partial charge on any atom is -0.381 e. The molecule has 8 nitrogen and oxygen atoms in total. The van der Waals surface area contributed by atoms with Crippen LogP contribution in [0.5, 0.6) is 0 Å². The number of fused-ring (bicyclic) bond motifs is 1. The molecule has 5 rings (SSSR count). The molecule has 3 aromatic rings. The van der Waals surface area contributed by atoms with E-state index in [1.807, 2.05) is 0 Å². The van der Waals surface area contributed by atoms with Gasteiger partial charge in [-0.1, -0.05) is 43.9 Å². The van der Waals surface area contributed by atoms with Crippen LogP contribution in [-0.4, -0.2) is 87.2 Å². The summed E-state index contributed by atoms with van der Waals surface area (Å²) in [4.78, 5) is 14.3. The number of benzene rings is 1. The molecule has 0 unspecified atom stereocenters. The molecule has 0 atom stereocenters. The van der Waals surface area contributed by atoms with Crippen LogP contribution in [-0.2, 0) is 27.5 Å². The maximum absolute atomic E-state index is 6.26. The van der Waals surface area contributed by atoms with Crippen LogP contribution >= 0.6 is 0 Å². The van der Waals surface area contributed by atoms with Gasteiger partial charge in [0.1, 0.15) is 24.5 Å². The monoisotopic (exact) mass is 551 g/mol. The van der Waals surface area contributed by atoms with Crippen LogP contribution in [0, 0.1) is 5.92 Å². The zero-order valence-electron chi connectivity index (χ0n) is 24.2. The van der Waals surface area contributed by atoms with Gasteiger partial charge in [-0.2, -0.15) is 0 Å². The minimum absolute atomic E-state index is 0.485. The van der Waals surface area contributed by atoms with E-state index in [2.05, 4.69) is 71.4 Å². The molecular formula is C30H45N5O3Si. The summed E-state index contributed by atoms with van der Waals surface area (Å²) in [6.07, 6.45) is 3.91. The van der Waals surface area contributed by atoms with Gasteiger partial charge in [-0.25, -0.2) is 9.97 Å². The van der Waals surface area contributed by atoms with Gasteiger partial charge in [-0.15, -0.1) is 0 Å². The Morgan fingerprint density at radius 1 is 1.00 bits per heavy atom. The predicted octanol–water partition coefficient (Wildman–Crippen LogP) is 5.11. The molecule has 0 bridgehead atoms. The van der Waals surface area contributed by atoms with E-state index in [-0.39, 0.29) is 0 Å². The van der Waals surface area contributed by atoms with Gasteiger partial charge < -0.3 is 23.7 Å². The molecule has 39 heavy (non-hydrogen) atoms. The van der Waals surface area contributed by atoms with Crippen molar-refractivity contribution in [3.63, 3.8) is 0 Å². The number of hydrogen-bond acceptors (Lipinski definition) is 7. The Labute approximate surface area is 234 Å². The van der Waals surface area contributed by atoms with Crippen molar-refractivity contribution in [1.82, 2.24) is 19.4 Å². The summed E-state index contributed by atoms with van der Waals surface area (Å²) in [5, 5.41) is 1.08. The average molecular weight is 552 g/mol. The van der Waals surface area contributed by atoms with Crippen LogP contribution in [0.3, 0.4) is 0 Å². The molecule has 2 aromatic heterocycles. The van der Waals surface area contributed by atoms with E-state index in [0.29, 0.717) is 12.6 Å². The Morgan fingerprint density at radius 3 is 2.44 bits per heavy atom. The van der Waals surface area contributed by atoms with E-state index in [1.54, 1.807) is 6.33 Å². The molecule has 0 spiro atoms. The van der Waals surface area contributed by atoms with Gasteiger partial charge in [0.15, 0.2) is 0 Å². The van der Waals surface area contributed by atoms with E-state index in [4.69, 9.17) is 24.2 Å². The third-order valence-electron chi connectivity index (χ3n) is 7.88. The summed E-state index contributed by atoms with van der Waals surface area (Å²) in [5.41, 5.74) is 4.55. The van der Waals surface area contributed by atoms with Crippen LogP contribution in [0.15, 0.2) is 36.7 Å². The first-order valence-corrected chi connectivity index (χ1v) is 18.2. The normalized spacial score (nSPS) is 17.6. The van der Waals surface area contributed by atoms with Crippen molar-refractivity contribution in [3.05, 3.63) is 42.2 Å². The Balaban J connectivity index is 1.41. The van der Waals surface area contributed by atoms with E-state index in [9.17, 15) is 0 Å². The molecular weight excluding hydrogens is 506 g/mol. The summed E-state index contributed by atoms with van der Waals surface area (Å²) >= 11 is 0. The van der Waals surface area contributed by atoms with Crippen molar-refractivity contribution in [1.29, 1.82) is 0 Å². The molecule has 1 aromatic carbocycles. The van der Waals surface area contributed by atoms with Gasteiger partial charge in [0.2, 0.25) is 0 Å². The Morgan fingerprint density at radius 2 is 1.72 bits per heavy atom. The van der Waals surface area contributed by atoms with Gasteiger partial charge in [0.05, 0.1) is 24.3 Å². The van der Waals surface area contributed by atoms with Gasteiger partial charge in [0, 0.05) is 61.1 Å². The number of morpholine rings is 1. The highest BCUT2D eigenvalue weighted by Crippen LogP contribution is 2.33. The molecule has 2 saturated heterocycles. The smallest absolute Gasteiger partial charge is 0.147 e.